The van der Waals surface area contributed by atoms with Crippen molar-refractivity contribution < 1.29 is 19.8 Å². The molecule has 0 aromatic rings. The summed E-state index contributed by atoms with van der Waals surface area (Å²) in [6.45, 7) is 2.03. The number of amides is 1. The standard InChI is InChI=1S/C9H18N2O4/c1-2-3-6(10)8(13)11-5-4-7(12)9(14)15/h6-7,12H,2-5,10H2,1H3,(H,11,13)(H,14,15)/t6-,7+/m1/s1. The Morgan fingerprint density at radius 2 is 2.00 bits per heavy atom. The molecule has 0 heterocycles. The van der Waals surface area contributed by atoms with Crippen molar-refractivity contribution in [3.05, 3.63) is 0 Å². The van der Waals surface area contributed by atoms with E-state index in [1.54, 1.807) is 0 Å². The van der Waals surface area contributed by atoms with Crippen molar-refractivity contribution in [2.45, 2.75) is 38.3 Å². The maximum absolute atomic E-state index is 11.2. The number of hydrogen-bond acceptors (Lipinski definition) is 4. The average Bonchev–Trinajstić information content (AvgIpc) is 2.17. The third-order valence-corrected chi connectivity index (χ3v) is 1.94. The zero-order chi connectivity index (χ0) is 11.8. The second-order valence-corrected chi connectivity index (χ2v) is 3.33. The molecule has 5 N–H and O–H groups in total. The van der Waals surface area contributed by atoms with Crippen LogP contribution in [0.15, 0.2) is 0 Å². The largest absolute Gasteiger partial charge is 0.479 e. The molecule has 0 aromatic carbocycles. The molecule has 6 nitrogen and oxygen atoms in total. The minimum absolute atomic E-state index is 0.0140. The second-order valence-electron chi connectivity index (χ2n) is 3.33. The predicted molar refractivity (Wildman–Crippen MR) is 54.2 cm³/mol. The molecule has 0 aromatic heterocycles. The first-order valence-electron chi connectivity index (χ1n) is 4.93. The molecule has 88 valence electrons. The SMILES string of the molecule is CCC[C@@H](N)C(=O)NCC[C@H](O)C(=O)O. The third kappa shape index (κ3) is 6.03. The highest BCUT2D eigenvalue weighted by Crippen LogP contribution is 1.94. The summed E-state index contributed by atoms with van der Waals surface area (Å²) in [5, 5.41) is 19.7. The van der Waals surface area contributed by atoms with Gasteiger partial charge in [-0.1, -0.05) is 13.3 Å². The Kier molecular flexibility index (Phi) is 6.64. The van der Waals surface area contributed by atoms with Crippen molar-refractivity contribution in [3.8, 4) is 0 Å². The van der Waals surface area contributed by atoms with Crippen molar-refractivity contribution in [1.29, 1.82) is 0 Å². The molecule has 0 radical (unpaired) electrons. The monoisotopic (exact) mass is 218 g/mol. The molecule has 0 bridgehead atoms. The molecule has 15 heavy (non-hydrogen) atoms. The minimum Gasteiger partial charge on any atom is -0.479 e. The number of carbonyl (C=O) groups is 2. The lowest BCUT2D eigenvalue weighted by Gasteiger charge is -2.11. The Bertz CT molecular complexity index is 220. The second kappa shape index (κ2) is 7.19. The van der Waals surface area contributed by atoms with Crippen LogP contribution in [0.3, 0.4) is 0 Å². The molecule has 0 aliphatic rings. The summed E-state index contributed by atoms with van der Waals surface area (Å²) in [6, 6.07) is -0.558. The van der Waals surface area contributed by atoms with Gasteiger partial charge in [0.05, 0.1) is 6.04 Å². The molecule has 0 aliphatic heterocycles. The van der Waals surface area contributed by atoms with Gasteiger partial charge in [0.1, 0.15) is 0 Å². The smallest absolute Gasteiger partial charge is 0.332 e. The highest BCUT2D eigenvalue weighted by Gasteiger charge is 2.15. The number of carboxylic acid groups (broad SMARTS) is 1. The number of aliphatic hydroxyl groups is 1. The van der Waals surface area contributed by atoms with Gasteiger partial charge in [-0.25, -0.2) is 4.79 Å². The van der Waals surface area contributed by atoms with Crippen LogP contribution in [-0.2, 0) is 9.59 Å². The van der Waals surface area contributed by atoms with Crippen LogP contribution < -0.4 is 11.1 Å². The Morgan fingerprint density at radius 1 is 1.40 bits per heavy atom. The quantitative estimate of drug-likeness (QED) is 0.441. The molecule has 0 fully saturated rings. The van der Waals surface area contributed by atoms with Crippen LogP contribution >= 0.6 is 0 Å². The van der Waals surface area contributed by atoms with Crippen molar-refractivity contribution >= 4 is 11.9 Å². The van der Waals surface area contributed by atoms with E-state index in [2.05, 4.69) is 5.32 Å². The number of aliphatic hydroxyl groups excluding tert-OH is 1. The van der Waals surface area contributed by atoms with Gasteiger partial charge in [0.15, 0.2) is 6.10 Å². The van der Waals surface area contributed by atoms with Gasteiger partial charge in [-0.15, -0.1) is 0 Å². The van der Waals surface area contributed by atoms with Crippen LogP contribution in [0.4, 0.5) is 0 Å². The Morgan fingerprint density at radius 3 is 2.47 bits per heavy atom. The van der Waals surface area contributed by atoms with Crippen LogP contribution in [0.2, 0.25) is 0 Å². The maximum atomic E-state index is 11.2. The third-order valence-electron chi connectivity index (χ3n) is 1.94. The number of aliphatic carboxylic acids is 1. The van der Waals surface area contributed by atoms with Gasteiger partial charge in [-0.2, -0.15) is 0 Å². The van der Waals surface area contributed by atoms with E-state index in [-0.39, 0.29) is 18.9 Å². The van der Waals surface area contributed by atoms with Crippen molar-refractivity contribution in [2.75, 3.05) is 6.54 Å². The lowest BCUT2D eigenvalue weighted by atomic mass is 10.1. The summed E-state index contributed by atoms with van der Waals surface area (Å²) in [6.07, 6.45) is -0.0488. The van der Waals surface area contributed by atoms with E-state index in [0.717, 1.165) is 6.42 Å². The van der Waals surface area contributed by atoms with Gasteiger partial charge in [-0.3, -0.25) is 4.79 Å². The molecule has 0 saturated carbocycles. The molecule has 2 atom stereocenters. The number of carboxylic acids is 1. The van der Waals surface area contributed by atoms with Gasteiger partial charge in [0.25, 0.3) is 0 Å². The normalized spacial score (nSPS) is 14.3. The number of rotatable bonds is 7. The summed E-state index contributed by atoms with van der Waals surface area (Å²) in [5.41, 5.74) is 5.51. The molecule has 0 unspecified atom stereocenters. The number of nitrogens with two attached hydrogens (primary N) is 1. The van der Waals surface area contributed by atoms with Crippen LogP contribution in [0.25, 0.3) is 0 Å². The summed E-state index contributed by atoms with van der Waals surface area (Å²) in [4.78, 5) is 21.4. The van der Waals surface area contributed by atoms with E-state index >= 15 is 0 Å². The van der Waals surface area contributed by atoms with Crippen molar-refractivity contribution in [1.82, 2.24) is 5.32 Å². The van der Waals surface area contributed by atoms with Gasteiger partial charge < -0.3 is 21.3 Å². The highest BCUT2D eigenvalue weighted by atomic mass is 16.4. The fourth-order valence-corrected chi connectivity index (χ4v) is 1.03. The Hall–Kier alpha value is -1.14. The van der Waals surface area contributed by atoms with Crippen molar-refractivity contribution in [3.63, 3.8) is 0 Å². The van der Waals surface area contributed by atoms with Gasteiger partial charge in [-0.05, 0) is 6.42 Å². The fourth-order valence-electron chi connectivity index (χ4n) is 1.03. The van der Waals surface area contributed by atoms with E-state index < -0.39 is 18.1 Å². The molecular weight excluding hydrogens is 200 g/mol. The van der Waals surface area contributed by atoms with E-state index in [1.165, 1.54) is 0 Å². The van der Waals surface area contributed by atoms with Gasteiger partial charge in [0.2, 0.25) is 5.91 Å². The molecule has 1 amide bonds. The van der Waals surface area contributed by atoms with Crippen LogP contribution in [0.5, 0.6) is 0 Å². The van der Waals surface area contributed by atoms with Crippen LogP contribution in [0, 0.1) is 0 Å². The number of nitrogens with one attached hydrogen (secondary N) is 1. The lowest BCUT2D eigenvalue weighted by Crippen LogP contribution is -2.41. The van der Waals surface area contributed by atoms with E-state index in [9.17, 15) is 9.59 Å². The summed E-state index contributed by atoms with van der Waals surface area (Å²) >= 11 is 0. The minimum atomic E-state index is -1.44. The average molecular weight is 218 g/mol. The molecule has 0 saturated heterocycles. The predicted octanol–water partition coefficient (Wildman–Crippen LogP) is -0.934. The molecular formula is C9H18N2O4. The van der Waals surface area contributed by atoms with Crippen LogP contribution in [0.1, 0.15) is 26.2 Å². The lowest BCUT2D eigenvalue weighted by molar-refractivity contribution is -0.147. The zero-order valence-electron chi connectivity index (χ0n) is 8.77. The summed E-state index contributed by atoms with van der Waals surface area (Å²) in [7, 11) is 0. The summed E-state index contributed by atoms with van der Waals surface area (Å²) in [5.74, 6) is -1.60. The summed E-state index contributed by atoms with van der Waals surface area (Å²) < 4.78 is 0. The molecule has 6 heteroatoms. The maximum Gasteiger partial charge on any atom is 0.332 e. The molecule has 0 spiro atoms. The van der Waals surface area contributed by atoms with Gasteiger partial charge >= 0.3 is 5.97 Å². The molecule has 0 rings (SSSR count). The first-order valence-corrected chi connectivity index (χ1v) is 4.93. The zero-order valence-corrected chi connectivity index (χ0v) is 8.77. The van der Waals surface area contributed by atoms with Crippen molar-refractivity contribution in [2.24, 2.45) is 5.73 Å². The Labute approximate surface area is 88.5 Å². The number of hydrogen-bond donors (Lipinski definition) is 4. The van der Waals surface area contributed by atoms with Gasteiger partial charge in [0, 0.05) is 13.0 Å². The highest BCUT2D eigenvalue weighted by molar-refractivity contribution is 5.81. The first kappa shape index (κ1) is 13.9. The van der Waals surface area contributed by atoms with E-state index in [4.69, 9.17) is 15.9 Å². The van der Waals surface area contributed by atoms with E-state index in [1.807, 2.05) is 6.92 Å². The molecule has 0 aliphatic carbocycles. The number of carbonyl (C=O) groups excluding carboxylic acids is 1. The van der Waals surface area contributed by atoms with E-state index in [0.29, 0.717) is 6.42 Å². The van der Waals surface area contributed by atoms with Crippen LogP contribution in [-0.4, -0.2) is 40.8 Å². The Balaban J connectivity index is 3.67. The first-order chi connectivity index (χ1) is 6.99. The fraction of sp³-hybridized carbons (Fsp3) is 0.778. The topological polar surface area (TPSA) is 113 Å².